The molecule has 0 N–H and O–H groups in total. The van der Waals surface area contributed by atoms with E-state index in [0.29, 0.717) is 37.3 Å². The summed E-state index contributed by atoms with van der Waals surface area (Å²) in [6.45, 7) is 8.84. The van der Waals surface area contributed by atoms with Gasteiger partial charge in [-0.3, -0.25) is 14.4 Å². The molecule has 1 fully saturated rings. The van der Waals surface area contributed by atoms with Crippen LogP contribution in [0.2, 0.25) is 0 Å². The van der Waals surface area contributed by atoms with E-state index in [-0.39, 0.29) is 30.8 Å². The molecule has 2 amide bonds. The van der Waals surface area contributed by atoms with E-state index in [9.17, 15) is 35.9 Å². The molecule has 0 aliphatic carbocycles. The number of piperazine rings is 1. The lowest BCUT2D eigenvalue weighted by Gasteiger charge is -2.46. The van der Waals surface area contributed by atoms with Gasteiger partial charge in [0.25, 0.3) is 5.91 Å². The summed E-state index contributed by atoms with van der Waals surface area (Å²) in [5.74, 6) is -0.222. The maximum atomic E-state index is 13.4. The highest BCUT2D eigenvalue weighted by molar-refractivity contribution is 5.93. The highest BCUT2D eigenvalue weighted by Crippen LogP contribution is 2.36. The normalized spacial score (nSPS) is 18.3. The third kappa shape index (κ3) is 6.53. The first-order valence-corrected chi connectivity index (χ1v) is 12.9. The highest BCUT2D eigenvalue weighted by Gasteiger charge is 2.39. The van der Waals surface area contributed by atoms with E-state index in [4.69, 9.17) is 4.74 Å². The molecule has 8 nitrogen and oxygen atoms in total. The van der Waals surface area contributed by atoms with Crippen molar-refractivity contribution in [3.05, 3.63) is 52.3 Å². The zero-order chi connectivity index (χ0) is 29.5. The molecule has 2 aromatic rings. The van der Waals surface area contributed by atoms with Crippen LogP contribution in [-0.4, -0.2) is 74.7 Å². The second-order valence-electron chi connectivity index (χ2n) is 10.6. The van der Waals surface area contributed by atoms with Crippen LogP contribution < -0.4 is 0 Å². The topological polar surface area (TPSA) is 70.9 Å². The third-order valence-electron chi connectivity index (χ3n) is 7.17. The molecule has 1 saturated heterocycles. The second kappa shape index (κ2) is 10.9. The summed E-state index contributed by atoms with van der Waals surface area (Å²) in [7, 11) is 0. The molecule has 0 radical (unpaired) electrons. The summed E-state index contributed by atoms with van der Waals surface area (Å²) in [4.78, 5) is 31.5. The largest absolute Gasteiger partial charge is 0.445 e. The number of carbonyl (C=O) groups is 2. The lowest BCUT2D eigenvalue weighted by molar-refractivity contribution is -0.143. The number of benzene rings is 1. The Labute approximate surface area is 227 Å². The van der Waals surface area contributed by atoms with Gasteiger partial charge in [0.05, 0.1) is 28.9 Å². The Morgan fingerprint density at radius 1 is 0.950 bits per heavy atom. The molecule has 4 rings (SSSR count). The number of hydrogen-bond donors (Lipinski definition) is 0. The van der Waals surface area contributed by atoms with Crippen molar-refractivity contribution >= 4 is 12.0 Å². The van der Waals surface area contributed by atoms with Crippen LogP contribution in [-0.2, 0) is 36.8 Å². The number of alkyl halides is 6. The van der Waals surface area contributed by atoms with Crippen LogP contribution in [0, 0.1) is 0 Å². The van der Waals surface area contributed by atoms with Crippen molar-refractivity contribution in [2.24, 2.45) is 0 Å². The van der Waals surface area contributed by atoms with Crippen LogP contribution in [0.15, 0.2) is 24.3 Å². The molecule has 0 bridgehead atoms. The first kappa shape index (κ1) is 29.7. The fourth-order valence-electron chi connectivity index (χ4n) is 5.10. The number of amides is 2. The number of aromatic nitrogens is 2. The zero-order valence-corrected chi connectivity index (χ0v) is 22.4. The summed E-state index contributed by atoms with van der Waals surface area (Å²) in [6, 6.07) is 2.68. The average Bonchev–Trinajstić information content (AvgIpc) is 3.16. The Hall–Kier alpha value is -3.29. The number of aryl methyl sites for hydroxylation is 1. The van der Waals surface area contributed by atoms with E-state index < -0.39 is 47.3 Å². The van der Waals surface area contributed by atoms with Crippen molar-refractivity contribution in [2.75, 3.05) is 32.7 Å². The summed E-state index contributed by atoms with van der Waals surface area (Å²) >= 11 is 0. The number of nitrogens with zero attached hydrogens (tertiary/aromatic N) is 5. The number of halogens is 6. The molecule has 2 aliphatic rings. The van der Waals surface area contributed by atoms with E-state index in [1.165, 1.54) is 4.90 Å². The summed E-state index contributed by atoms with van der Waals surface area (Å²) in [6.07, 6.45) is -10.4. The number of ether oxygens (including phenoxy) is 1. The van der Waals surface area contributed by atoms with E-state index >= 15 is 0 Å². The Morgan fingerprint density at radius 2 is 1.60 bits per heavy atom. The van der Waals surface area contributed by atoms with Gasteiger partial charge in [-0.25, -0.2) is 4.79 Å². The molecule has 220 valence electrons. The van der Waals surface area contributed by atoms with Gasteiger partial charge in [0.2, 0.25) is 0 Å². The van der Waals surface area contributed by atoms with Gasteiger partial charge < -0.3 is 14.5 Å². The van der Waals surface area contributed by atoms with Gasteiger partial charge in [0.1, 0.15) is 6.61 Å². The zero-order valence-electron chi connectivity index (χ0n) is 22.4. The summed E-state index contributed by atoms with van der Waals surface area (Å²) in [5, 5.41) is 4.46. The first-order chi connectivity index (χ1) is 18.6. The molecule has 0 saturated carbocycles. The fraction of sp³-hybridized carbons (Fsp3) is 0.577. The van der Waals surface area contributed by atoms with Gasteiger partial charge in [-0.1, -0.05) is 6.92 Å². The van der Waals surface area contributed by atoms with Gasteiger partial charge in [-0.2, -0.15) is 31.4 Å². The van der Waals surface area contributed by atoms with Crippen LogP contribution in [0.4, 0.5) is 31.1 Å². The molecule has 1 aromatic carbocycles. The van der Waals surface area contributed by atoms with Crippen molar-refractivity contribution in [1.82, 2.24) is 24.5 Å². The van der Waals surface area contributed by atoms with Crippen molar-refractivity contribution in [1.29, 1.82) is 0 Å². The molecule has 2 aliphatic heterocycles. The minimum atomic E-state index is -5.00. The predicted molar refractivity (Wildman–Crippen MR) is 131 cm³/mol. The van der Waals surface area contributed by atoms with Crippen LogP contribution in [0.25, 0.3) is 0 Å². The van der Waals surface area contributed by atoms with Crippen molar-refractivity contribution in [2.45, 2.75) is 64.8 Å². The molecule has 0 atom stereocenters. The lowest BCUT2D eigenvalue weighted by Crippen LogP contribution is -2.61. The van der Waals surface area contributed by atoms with E-state index in [2.05, 4.69) is 16.9 Å². The van der Waals surface area contributed by atoms with Crippen LogP contribution in [0.1, 0.15) is 60.1 Å². The third-order valence-corrected chi connectivity index (χ3v) is 7.17. The maximum absolute atomic E-state index is 13.4. The summed E-state index contributed by atoms with van der Waals surface area (Å²) < 4.78 is 85.6. The summed E-state index contributed by atoms with van der Waals surface area (Å²) in [5.41, 5.74) is -2.99. The average molecular weight is 576 g/mol. The van der Waals surface area contributed by atoms with Gasteiger partial charge in [0, 0.05) is 32.7 Å². The lowest BCUT2D eigenvalue weighted by atomic mass is 9.98. The number of fused-ring (bicyclic) bond motifs is 1. The Morgan fingerprint density at radius 3 is 2.17 bits per heavy atom. The number of likely N-dealkylation sites (N-methyl/N-ethyl adjacent to an activating group) is 1. The van der Waals surface area contributed by atoms with Gasteiger partial charge in [0.15, 0.2) is 5.69 Å². The van der Waals surface area contributed by atoms with Gasteiger partial charge in [-0.15, -0.1) is 0 Å². The molecule has 14 heteroatoms. The van der Waals surface area contributed by atoms with Crippen LogP contribution in [0.3, 0.4) is 0 Å². The second-order valence-corrected chi connectivity index (χ2v) is 10.6. The number of carbonyl (C=O) groups excluding carboxylic acids is 2. The standard InChI is InChI=1S/C26H31F6N5O3/c1-4-34-8-9-36(24(2,3)16-34)22(38)21-13-20-14-35(6-5-7-37(20)33-21)23(39)40-15-17-10-18(25(27,28)29)12-19(11-17)26(30,31)32/h10-13H,4-9,14-16H2,1-3H3. The van der Waals surface area contributed by atoms with Gasteiger partial charge >= 0.3 is 18.4 Å². The monoisotopic (exact) mass is 575 g/mol. The highest BCUT2D eigenvalue weighted by atomic mass is 19.4. The number of rotatable bonds is 4. The Balaban J connectivity index is 1.45. The predicted octanol–water partition coefficient (Wildman–Crippen LogP) is 5.02. The Kier molecular flexibility index (Phi) is 8.12. The van der Waals surface area contributed by atoms with Crippen molar-refractivity contribution in [3.63, 3.8) is 0 Å². The minimum absolute atomic E-state index is 0.0164. The van der Waals surface area contributed by atoms with Crippen LogP contribution in [0.5, 0.6) is 0 Å². The van der Waals surface area contributed by atoms with Gasteiger partial charge in [-0.05, 0) is 56.6 Å². The molecular weight excluding hydrogens is 544 g/mol. The Bertz CT molecular complexity index is 1220. The molecule has 3 heterocycles. The fourth-order valence-corrected chi connectivity index (χ4v) is 5.10. The molecule has 0 unspecified atom stereocenters. The smallest absolute Gasteiger partial charge is 0.416 e. The quantitative estimate of drug-likeness (QED) is 0.479. The first-order valence-electron chi connectivity index (χ1n) is 12.9. The molecule has 1 aromatic heterocycles. The van der Waals surface area contributed by atoms with E-state index in [1.807, 2.05) is 13.8 Å². The molecule has 40 heavy (non-hydrogen) atoms. The van der Waals surface area contributed by atoms with E-state index in [1.54, 1.807) is 15.6 Å². The van der Waals surface area contributed by atoms with Crippen molar-refractivity contribution < 1.29 is 40.7 Å². The molecular formula is C26H31F6N5O3. The van der Waals surface area contributed by atoms with Crippen molar-refractivity contribution in [3.8, 4) is 0 Å². The number of hydrogen-bond acceptors (Lipinski definition) is 5. The van der Waals surface area contributed by atoms with E-state index in [0.717, 1.165) is 19.6 Å². The SMILES string of the molecule is CCN1CCN(C(=O)c2cc3n(n2)CCCN(C(=O)OCc2cc(C(F)(F)F)cc(C(F)(F)F)c2)C3)C(C)(C)C1. The molecule has 0 spiro atoms. The minimum Gasteiger partial charge on any atom is -0.445 e. The maximum Gasteiger partial charge on any atom is 0.416 e. The van der Waals surface area contributed by atoms with Crippen LogP contribution >= 0.6 is 0 Å².